The normalized spacial score (nSPS) is 29.4. The number of ether oxygens (including phenoxy) is 1. The van der Waals surface area contributed by atoms with Gasteiger partial charge in [0.25, 0.3) is 0 Å². The lowest BCUT2D eigenvalue weighted by Gasteiger charge is -2.34. The predicted molar refractivity (Wildman–Crippen MR) is 147 cm³/mol. The van der Waals surface area contributed by atoms with Crippen molar-refractivity contribution in [2.75, 3.05) is 45.2 Å². The van der Waals surface area contributed by atoms with Crippen LogP contribution in [0.25, 0.3) is 0 Å². The molecule has 10 heteroatoms. The Kier molecular flexibility index (Phi) is 7.05. The number of hydrogen-bond acceptors (Lipinski definition) is 8. The quantitative estimate of drug-likeness (QED) is 0.561. The van der Waals surface area contributed by atoms with Crippen LogP contribution in [-0.2, 0) is 29.0 Å². The largest absolute Gasteiger partial charge is 0.389 e. The first kappa shape index (κ1) is 26.2. The van der Waals surface area contributed by atoms with Crippen LogP contribution >= 0.6 is 0 Å². The summed E-state index contributed by atoms with van der Waals surface area (Å²) in [5, 5.41) is 10.7. The number of hydrogen-bond donors (Lipinski definition) is 2. The molecule has 0 saturated carbocycles. The van der Waals surface area contributed by atoms with Gasteiger partial charge >= 0.3 is 5.69 Å². The summed E-state index contributed by atoms with van der Waals surface area (Å²) in [5.74, 6) is 0.492. The molecule has 39 heavy (non-hydrogen) atoms. The fourth-order valence-electron chi connectivity index (χ4n) is 7.08. The van der Waals surface area contributed by atoms with E-state index in [1.807, 2.05) is 4.90 Å². The fourth-order valence-corrected chi connectivity index (χ4v) is 7.08. The van der Waals surface area contributed by atoms with Gasteiger partial charge in [-0.2, -0.15) is 4.98 Å². The maximum absolute atomic E-state index is 12.4. The zero-order chi connectivity index (χ0) is 27.3. The molecule has 5 atom stereocenters. The number of nitrogens with zero attached hydrogens (tertiary/aromatic N) is 5. The number of aryl methyl sites for hydroxylation is 1. The molecule has 5 aliphatic rings. The summed E-state index contributed by atoms with van der Waals surface area (Å²) in [6, 6.07) is 8.37. The SMILES string of the molecule is C=CC(=O)N1CC2C(O)C1CN2c1nc(=O)[nH]c2c1CN(C1CCc3ccccc31)C2.COC1CCN(C)C1. The van der Waals surface area contributed by atoms with Crippen LogP contribution in [0.3, 0.4) is 0 Å². The van der Waals surface area contributed by atoms with Crippen molar-refractivity contribution in [3.63, 3.8) is 0 Å². The molecule has 0 spiro atoms. The van der Waals surface area contributed by atoms with E-state index in [1.54, 1.807) is 12.0 Å². The van der Waals surface area contributed by atoms with Crippen LogP contribution in [0.2, 0.25) is 0 Å². The number of aromatic nitrogens is 2. The third-order valence-corrected chi connectivity index (χ3v) is 9.13. The Morgan fingerprint density at radius 1 is 1.18 bits per heavy atom. The van der Waals surface area contributed by atoms with Crippen molar-refractivity contribution in [2.45, 2.75) is 62.7 Å². The Morgan fingerprint density at radius 3 is 2.67 bits per heavy atom. The van der Waals surface area contributed by atoms with E-state index in [-0.39, 0.29) is 23.7 Å². The number of aromatic amines is 1. The van der Waals surface area contributed by atoms with Crippen LogP contribution < -0.4 is 10.6 Å². The number of fused-ring (bicyclic) bond motifs is 4. The number of rotatable bonds is 4. The Balaban J connectivity index is 0.000000299. The number of anilines is 1. The van der Waals surface area contributed by atoms with E-state index in [0.717, 1.165) is 30.6 Å². The van der Waals surface area contributed by atoms with Crippen molar-refractivity contribution in [2.24, 2.45) is 0 Å². The monoisotopic (exact) mass is 534 g/mol. The number of likely N-dealkylation sites (N-methyl/N-ethyl adjacent to an activating group) is 1. The average Bonchev–Trinajstić information content (AvgIpc) is 3.76. The summed E-state index contributed by atoms with van der Waals surface area (Å²) in [5.41, 5.74) is 4.36. The van der Waals surface area contributed by atoms with Gasteiger partial charge in [0.15, 0.2) is 0 Å². The van der Waals surface area contributed by atoms with Crippen LogP contribution in [0.15, 0.2) is 41.7 Å². The lowest BCUT2D eigenvalue weighted by Crippen LogP contribution is -2.49. The number of carbonyl (C=O) groups excluding carboxylic acids is 1. The van der Waals surface area contributed by atoms with Crippen molar-refractivity contribution in [1.82, 2.24) is 24.7 Å². The number of aliphatic hydroxyl groups excluding tert-OH is 1. The molecule has 2 bridgehead atoms. The van der Waals surface area contributed by atoms with E-state index in [4.69, 9.17) is 4.74 Å². The summed E-state index contributed by atoms with van der Waals surface area (Å²) in [4.78, 5) is 40.2. The zero-order valence-electron chi connectivity index (χ0n) is 22.8. The van der Waals surface area contributed by atoms with Crippen molar-refractivity contribution in [3.05, 3.63) is 69.8 Å². The average molecular weight is 535 g/mol. The molecular weight excluding hydrogens is 496 g/mol. The van der Waals surface area contributed by atoms with E-state index >= 15 is 0 Å². The van der Waals surface area contributed by atoms with E-state index in [0.29, 0.717) is 44.1 Å². The van der Waals surface area contributed by atoms with E-state index in [1.165, 1.54) is 30.2 Å². The van der Waals surface area contributed by atoms with E-state index < -0.39 is 6.10 Å². The van der Waals surface area contributed by atoms with Gasteiger partial charge in [-0.1, -0.05) is 30.8 Å². The zero-order valence-corrected chi connectivity index (χ0v) is 22.8. The Morgan fingerprint density at radius 2 is 2.00 bits per heavy atom. The maximum atomic E-state index is 12.4. The second-order valence-electron chi connectivity index (χ2n) is 11.4. The summed E-state index contributed by atoms with van der Waals surface area (Å²) < 4.78 is 5.14. The first-order valence-electron chi connectivity index (χ1n) is 13.9. The number of benzene rings is 1. The third-order valence-electron chi connectivity index (χ3n) is 9.13. The second-order valence-corrected chi connectivity index (χ2v) is 11.4. The lowest BCUT2D eigenvalue weighted by molar-refractivity contribution is -0.127. The number of likely N-dealkylation sites (tertiary alicyclic amines) is 2. The first-order chi connectivity index (χ1) is 18.9. The molecule has 208 valence electrons. The molecule has 5 heterocycles. The highest BCUT2D eigenvalue weighted by molar-refractivity contribution is 5.88. The Labute approximate surface area is 228 Å². The predicted octanol–water partition coefficient (Wildman–Crippen LogP) is 1.06. The van der Waals surface area contributed by atoms with Crippen LogP contribution in [0.1, 0.15) is 41.3 Å². The van der Waals surface area contributed by atoms with Gasteiger partial charge in [-0.3, -0.25) is 9.69 Å². The van der Waals surface area contributed by atoms with Crippen molar-refractivity contribution in [1.29, 1.82) is 0 Å². The Hall–Kier alpha value is -3.05. The van der Waals surface area contributed by atoms with Gasteiger partial charge in [0.1, 0.15) is 5.82 Å². The van der Waals surface area contributed by atoms with Crippen molar-refractivity contribution in [3.8, 4) is 0 Å². The molecule has 1 amide bonds. The summed E-state index contributed by atoms with van der Waals surface area (Å²) in [6.45, 7) is 8.15. The summed E-state index contributed by atoms with van der Waals surface area (Å²) >= 11 is 0. The van der Waals surface area contributed by atoms with Crippen LogP contribution in [-0.4, -0.2) is 100 Å². The molecule has 1 aromatic heterocycles. The lowest BCUT2D eigenvalue weighted by atomic mass is 10.1. The molecule has 3 fully saturated rings. The highest BCUT2D eigenvalue weighted by Gasteiger charge is 2.53. The highest BCUT2D eigenvalue weighted by Crippen LogP contribution is 2.42. The number of H-pyrrole nitrogens is 1. The molecule has 4 aliphatic heterocycles. The van der Waals surface area contributed by atoms with Gasteiger partial charge in [0.05, 0.1) is 24.3 Å². The van der Waals surface area contributed by atoms with E-state index in [2.05, 4.69) is 57.7 Å². The number of aliphatic hydroxyl groups is 1. The number of nitrogens with one attached hydrogen (secondary N) is 1. The van der Waals surface area contributed by atoms with Gasteiger partial charge in [-0.15, -0.1) is 0 Å². The van der Waals surface area contributed by atoms with Crippen LogP contribution in [0, 0.1) is 0 Å². The number of piperazine rings is 1. The molecule has 5 unspecified atom stereocenters. The number of carbonyl (C=O) groups is 1. The summed E-state index contributed by atoms with van der Waals surface area (Å²) in [6.07, 6.45) is 4.49. The molecule has 7 rings (SSSR count). The maximum Gasteiger partial charge on any atom is 0.347 e. The van der Waals surface area contributed by atoms with Gasteiger partial charge < -0.3 is 29.5 Å². The minimum atomic E-state index is -0.653. The van der Waals surface area contributed by atoms with Crippen molar-refractivity contribution < 1.29 is 14.6 Å². The second kappa shape index (κ2) is 10.5. The van der Waals surface area contributed by atoms with Gasteiger partial charge in [-0.25, -0.2) is 4.79 Å². The summed E-state index contributed by atoms with van der Waals surface area (Å²) in [7, 11) is 3.91. The van der Waals surface area contributed by atoms with Gasteiger partial charge in [-0.05, 0) is 43.5 Å². The molecule has 2 aromatic rings. The number of methoxy groups -OCH3 is 1. The van der Waals surface area contributed by atoms with E-state index in [9.17, 15) is 14.7 Å². The molecule has 3 saturated heterocycles. The molecule has 0 radical (unpaired) electrons. The van der Waals surface area contributed by atoms with Gasteiger partial charge in [0, 0.05) is 63.7 Å². The van der Waals surface area contributed by atoms with Crippen LogP contribution in [0.5, 0.6) is 0 Å². The molecule has 1 aliphatic carbocycles. The standard InChI is InChI=1S/C23H25N5O3.C6H13NO/c1-2-20(29)27-11-19-21(30)18(27)12-28(19)22-15-9-26(10-16(15)24-23(31)25-22)17-8-7-13-5-3-4-6-14(13)17;1-7-4-3-6(5-7)8-2/h2-6,17-19,21,30H,1,7-12H2,(H,24,25,31);6H,3-5H2,1-2H3. The Bertz CT molecular complexity index is 1310. The molecule has 10 nitrogen and oxygen atoms in total. The molecular formula is C29H38N6O4. The minimum Gasteiger partial charge on any atom is -0.389 e. The fraction of sp³-hybridized carbons (Fsp3) is 0.552. The van der Waals surface area contributed by atoms with Crippen molar-refractivity contribution >= 4 is 11.7 Å². The van der Waals surface area contributed by atoms with Crippen LogP contribution in [0.4, 0.5) is 5.82 Å². The third kappa shape index (κ3) is 4.69. The van der Waals surface area contributed by atoms with Gasteiger partial charge in [0.2, 0.25) is 5.91 Å². The molecule has 2 N–H and O–H groups in total. The topological polar surface area (TPSA) is 105 Å². The molecule has 1 aromatic carbocycles. The highest BCUT2D eigenvalue weighted by atomic mass is 16.5. The minimum absolute atomic E-state index is 0.165. The smallest absolute Gasteiger partial charge is 0.347 e. The first-order valence-corrected chi connectivity index (χ1v) is 13.9. The number of amides is 1.